The van der Waals surface area contributed by atoms with E-state index in [-0.39, 0.29) is 0 Å². The topological polar surface area (TPSA) is 36.9 Å². The van der Waals surface area contributed by atoms with Gasteiger partial charge < -0.3 is 18.9 Å². The SMILES string of the molecule is C1=C(c2ccc(C3=COc4ccccc4O3)cc2)Oc2ccccc2O1. The van der Waals surface area contributed by atoms with Crippen LogP contribution in [0.1, 0.15) is 11.1 Å². The second-order valence-electron chi connectivity index (χ2n) is 5.87. The van der Waals surface area contributed by atoms with Gasteiger partial charge in [-0.05, 0) is 24.3 Å². The molecule has 5 rings (SSSR count). The van der Waals surface area contributed by atoms with E-state index in [4.69, 9.17) is 18.9 Å². The molecule has 126 valence electrons. The summed E-state index contributed by atoms with van der Waals surface area (Å²) in [4.78, 5) is 0. The van der Waals surface area contributed by atoms with Gasteiger partial charge in [-0.3, -0.25) is 0 Å². The van der Waals surface area contributed by atoms with Gasteiger partial charge in [0.15, 0.2) is 34.5 Å². The highest BCUT2D eigenvalue weighted by Crippen LogP contribution is 2.37. The Balaban J connectivity index is 1.37. The summed E-state index contributed by atoms with van der Waals surface area (Å²) in [6.45, 7) is 0. The van der Waals surface area contributed by atoms with Gasteiger partial charge in [0.2, 0.25) is 0 Å². The lowest BCUT2D eigenvalue weighted by Gasteiger charge is -2.19. The number of rotatable bonds is 2. The summed E-state index contributed by atoms with van der Waals surface area (Å²) < 4.78 is 23.1. The number of para-hydroxylation sites is 4. The third-order valence-electron chi connectivity index (χ3n) is 4.18. The van der Waals surface area contributed by atoms with Crippen LogP contribution in [-0.2, 0) is 0 Å². The van der Waals surface area contributed by atoms with Crippen LogP contribution in [0.4, 0.5) is 0 Å². The molecule has 3 aromatic carbocycles. The molecule has 4 nitrogen and oxygen atoms in total. The smallest absolute Gasteiger partial charge is 0.170 e. The highest BCUT2D eigenvalue weighted by molar-refractivity contribution is 5.69. The minimum Gasteiger partial charge on any atom is -0.457 e. The second kappa shape index (κ2) is 6.01. The van der Waals surface area contributed by atoms with Crippen molar-refractivity contribution in [3.63, 3.8) is 0 Å². The average Bonchev–Trinajstić information content (AvgIpc) is 2.73. The number of ether oxygens (including phenoxy) is 4. The first-order valence-electron chi connectivity index (χ1n) is 8.25. The Kier molecular flexibility index (Phi) is 3.39. The molecular formula is C22H14O4. The Morgan fingerprint density at radius 1 is 0.423 bits per heavy atom. The van der Waals surface area contributed by atoms with E-state index >= 15 is 0 Å². The highest BCUT2D eigenvalue weighted by Gasteiger charge is 2.17. The minimum atomic E-state index is 0.662. The van der Waals surface area contributed by atoms with Crippen LogP contribution in [0.25, 0.3) is 11.5 Å². The third-order valence-corrected chi connectivity index (χ3v) is 4.18. The van der Waals surface area contributed by atoms with Crippen LogP contribution in [0.2, 0.25) is 0 Å². The van der Waals surface area contributed by atoms with Crippen molar-refractivity contribution in [2.45, 2.75) is 0 Å². The maximum atomic E-state index is 5.92. The first-order valence-corrected chi connectivity index (χ1v) is 8.25. The van der Waals surface area contributed by atoms with Gasteiger partial charge in [0.1, 0.15) is 12.5 Å². The summed E-state index contributed by atoms with van der Waals surface area (Å²) >= 11 is 0. The van der Waals surface area contributed by atoms with Gasteiger partial charge in [-0.15, -0.1) is 0 Å². The standard InChI is InChI=1S/C22H14O4/c1-3-7-19-17(5-1)23-13-21(25-19)15-9-11-16(12-10-15)22-14-24-18-6-2-4-8-20(18)26-22/h1-14H. The lowest BCUT2D eigenvalue weighted by atomic mass is 10.1. The van der Waals surface area contributed by atoms with Gasteiger partial charge in [0, 0.05) is 11.1 Å². The van der Waals surface area contributed by atoms with Crippen LogP contribution in [-0.4, -0.2) is 0 Å². The molecule has 0 bridgehead atoms. The molecule has 0 aliphatic carbocycles. The van der Waals surface area contributed by atoms with E-state index in [2.05, 4.69) is 0 Å². The first-order chi connectivity index (χ1) is 12.9. The zero-order valence-electron chi connectivity index (χ0n) is 13.7. The lowest BCUT2D eigenvalue weighted by molar-refractivity contribution is 0.382. The second-order valence-corrected chi connectivity index (χ2v) is 5.87. The zero-order valence-corrected chi connectivity index (χ0v) is 13.7. The van der Waals surface area contributed by atoms with Gasteiger partial charge in [0.05, 0.1) is 0 Å². The van der Waals surface area contributed by atoms with E-state index in [1.165, 1.54) is 0 Å². The molecule has 0 radical (unpaired) electrons. The van der Waals surface area contributed by atoms with Crippen LogP contribution in [0, 0.1) is 0 Å². The molecule has 2 aliphatic rings. The summed E-state index contributed by atoms with van der Waals surface area (Å²) in [5.41, 5.74) is 1.84. The predicted octanol–water partition coefficient (Wildman–Crippen LogP) is 5.23. The summed E-state index contributed by atoms with van der Waals surface area (Å²) in [6.07, 6.45) is 3.24. The van der Waals surface area contributed by atoms with Crippen molar-refractivity contribution in [2.75, 3.05) is 0 Å². The Hall–Kier alpha value is -3.66. The van der Waals surface area contributed by atoms with E-state index in [0.29, 0.717) is 34.5 Å². The molecule has 0 spiro atoms. The fourth-order valence-electron chi connectivity index (χ4n) is 2.84. The van der Waals surface area contributed by atoms with Crippen molar-refractivity contribution in [2.24, 2.45) is 0 Å². The Labute approximate surface area is 150 Å². The molecule has 0 aromatic heterocycles. The van der Waals surface area contributed by atoms with E-state index in [1.54, 1.807) is 12.5 Å². The minimum absolute atomic E-state index is 0.662. The Morgan fingerprint density at radius 3 is 1.23 bits per heavy atom. The summed E-state index contributed by atoms with van der Waals surface area (Å²) in [7, 11) is 0. The van der Waals surface area contributed by atoms with E-state index in [9.17, 15) is 0 Å². The van der Waals surface area contributed by atoms with Gasteiger partial charge in [0.25, 0.3) is 0 Å². The molecule has 0 atom stereocenters. The zero-order chi connectivity index (χ0) is 17.3. The number of hydrogen-bond donors (Lipinski definition) is 0. The molecule has 0 saturated heterocycles. The van der Waals surface area contributed by atoms with Gasteiger partial charge >= 0.3 is 0 Å². The fraction of sp³-hybridized carbons (Fsp3) is 0. The largest absolute Gasteiger partial charge is 0.457 e. The molecule has 0 N–H and O–H groups in total. The molecule has 0 fully saturated rings. The lowest BCUT2D eigenvalue weighted by Crippen LogP contribution is -2.05. The molecule has 0 unspecified atom stereocenters. The van der Waals surface area contributed by atoms with E-state index < -0.39 is 0 Å². The molecule has 0 amide bonds. The normalized spacial score (nSPS) is 14.3. The van der Waals surface area contributed by atoms with E-state index in [0.717, 1.165) is 11.1 Å². The van der Waals surface area contributed by atoms with Crippen molar-refractivity contribution in [3.05, 3.63) is 96.4 Å². The molecule has 0 saturated carbocycles. The van der Waals surface area contributed by atoms with Gasteiger partial charge in [-0.1, -0.05) is 48.5 Å². The Morgan fingerprint density at radius 2 is 0.808 bits per heavy atom. The first kappa shape index (κ1) is 14.7. The summed E-state index contributed by atoms with van der Waals surface area (Å²) in [5.74, 6) is 4.16. The monoisotopic (exact) mass is 342 g/mol. The molecule has 4 heteroatoms. The molecule has 3 aromatic rings. The van der Waals surface area contributed by atoms with Crippen LogP contribution in [0.5, 0.6) is 23.0 Å². The number of hydrogen-bond acceptors (Lipinski definition) is 4. The maximum Gasteiger partial charge on any atom is 0.170 e. The molecule has 26 heavy (non-hydrogen) atoms. The van der Waals surface area contributed by atoms with Crippen molar-refractivity contribution in [3.8, 4) is 23.0 Å². The molecule has 2 heterocycles. The average molecular weight is 342 g/mol. The third kappa shape index (κ3) is 2.58. The molecule has 2 aliphatic heterocycles. The van der Waals surface area contributed by atoms with Crippen LogP contribution in [0.15, 0.2) is 85.3 Å². The Bertz CT molecular complexity index is 948. The highest BCUT2D eigenvalue weighted by atomic mass is 16.6. The van der Waals surface area contributed by atoms with Crippen molar-refractivity contribution in [1.82, 2.24) is 0 Å². The van der Waals surface area contributed by atoms with Gasteiger partial charge in [-0.2, -0.15) is 0 Å². The van der Waals surface area contributed by atoms with E-state index in [1.807, 2.05) is 72.8 Å². The predicted molar refractivity (Wildman–Crippen MR) is 97.8 cm³/mol. The van der Waals surface area contributed by atoms with Crippen molar-refractivity contribution >= 4 is 11.5 Å². The summed E-state index contributed by atoms with van der Waals surface area (Å²) in [6, 6.07) is 23.0. The molecular weight excluding hydrogens is 328 g/mol. The quantitative estimate of drug-likeness (QED) is 0.639. The van der Waals surface area contributed by atoms with Crippen LogP contribution in [0.3, 0.4) is 0 Å². The van der Waals surface area contributed by atoms with Crippen molar-refractivity contribution < 1.29 is 18.9 Å². The number of fused-ring (bicyclic) bond motifs is 2. The van der Waals surface area contributed by atoms with Crippen LogP contribution < -0.4 is 18.9 Å². The fourth-order valence-corrected chi connectivity index (χ4v) is 2.84. The van der Waals surface area contributed by atoms with Gasteiger partial charge in [-0.25, -0.2) is 0 Å². The summed E-state index contributed by atoms with van der Waals surface area (Å²) in [5, 5.41) is 0. The van der Waals surface area contributed by atoms with Crippen LogP contribution >= 0.6 is 0 Å². The maximum absolute atomic E-state index is 5.92. The van der Waals surface area contributed by atoms with Crippen molar-refractivity contribution in [1.29, 1.82) is 0 Å². The number of benzene rings is 3.